The minimum Gasteiger partial charge on any atom is -0.508 e. The normalized spacial score (nSPS) is 12.0. The van der Waals surface area contributed by atoms with Gasteiger partial charge in [-0.05, 0) is 54.2 Å². The van der Waals surface area contributed by atoms with Crippen LogP contribution in [0.4, 0.5) is 0 Å². The molecule has 0 saturated heterocycles. The SMILES string of the molecule is O=S(ONOc1ccc(O)cc1)c1ccc(O)cc1. The Labute approximate surface area is 111 Å². The van der Waals surface area contributed by atoms with Crippen molar-refractivity contribution in [3.05, 3.63) is 48.5 Å². The minimum atomic E-state index is -1.77. The van der Waals surface area contributed by atoms with Gasteiger partial charge < -0.3 is 15.1 Å². The average molecular weight is 281 g/mol. The highest BCUT2D eigenvalue weighted by molar-refractivity contribution is 7.80. The minimum absolute atomic E-state index is 0.0778. The van der Waals surface area contributed by atoms with Crippen molar-refractivity contribution in [2.75, 3.05) is 0 Å². The number of nitrogens with one attached hydrogen (secondary N) is 1. The molecule has 100 valence electrons. The fourth-order valence-corrected chi connectivity index (χ4v) is 1.77. The lowest BCUT2D eigenvalue weighted by Gasteiger charge is -2.06. The number of hydrogen-bond acceptors (Lipinski definition) is 6. The van der Waals surface area contributed by atoms with Crippen LogP contribution in [-0.2, 0) is 15.4 Å². The summed E-state index contributed by atoms with van der Waals surface area (Å²) in [6.07, 6.45) is 0. The molecule has 2 aromatic carbocycles. The summed E-state index contributed by atoms with van der Waals surface area (Å²) in [7, 11) is 0. The maximum atomic E-state index is 11.6. The van der Waals surface area contributed by atoms with Gasteiger partial charge in [0.25, 0.3) is 0 Å². The number of phenols is 2. The van der Waals surface area contributed by atoms with Crippen LogP contribution in [0.25, 0.3) is 0 Å². The molecule has 1 atom stereocenters. The Hall–Kier alpha value is -2.09. The highest BCUT2D eigenvalue weighted by Gasteiger charge is 2.05. The summed E-state index contributed by atoms with van der Waals surface area (Å²) in [5.74, 6) is 0.579. The Morgan fingerprint density at radius 3 is 2.00 bits per heavy atom. The maximum absolute atomic E-state index is 11.6. The van der Waals surface area contributed by atoms with Gasteiger partial charge in [-0.1, -0.05) is 0 Å². The Bertz CT molecular complexity index is 555. The Balaban J connectivity index is 1.84. The first-order valence-corrected chi connectivity index (χ1v) is 6.31. The van der Waals surface area contributed by atoms with Gasteiger partial charge in [0.2, 0.25) is 11.1 Å². The lowest BCUT2D eigenvalue weighted by molar-refractivity contribution is -0.00773. The van der Waals surface area contributed by atoms with Crippen LogP contribution in [-0.4, -0.2) is 14.4 Å². The number of phenolic OH excluding ortho intramolecular Hbond substituents is 2. The van der Waals surface area contributed by atoms with Crippen LogP contribution in [0, 0.1) is 0 Å². The van der Waals surface area contributed by atoms with Gasteiger partial charge in [0.15, 0.2) is 5.75 Å². The van der Waals surface area contributed by atoms with Crippen LogP contribution < -0.4 is 10.5 Å². The first-order valence-electron chi connectivity index (χ1n) is 5.24. The summed E-state index contributed by atoms with van der Waals surface area (Å²) in [4.78, 5) is 5.33. The van der Waals surface area contributed by atoms with Crippen molar-refractivity contribution in [1.82, 2.24) is 5.64 Å². The fraction of sp³-hybridized carbons (Fsp3) is 0. The molecule has 6 nitrogen and oxygen atoms in total. The van der Waals surface area contributed by atoms with E-state index in [4.69, 9.17) is 19.3 Å². The zero-order valence-electron chi connectivity index (χ0n) is 9.65. The number of hydrogen-bond donors (Lipinski definition) is 3. The maximum Gasteiger partial charge on any atom is 0.209 e. The molecular weight excluding hydrogens is 270 g/mol. The van der Waals surface area contributed by atoms with E-state index in [0.29, 0.717) is 10.6 Å². The van der Waals surface area contributed by atoms with Crippen molar-refractivity contribution < 1.29 is 23.5 Å². The summed E-state index contributed by atoms with van der Waals surface area (Å²) in [6, 6.07) is 11.6. The van der Waals surface area contributed by atoms with Crippen LogP contribution in [0.2, 0.25) is 0 Å². The predicted octanol–water partition coefficient (Wildman–Crippen LogP) is 1.64. The molecule has 1 unspecified atom stereocenters. The van der Waals surface area contributed by atoms with E-state index in [9.17, 15) is 4.21 Å². The van der Waals surface area contributed by atoms with E-state index in [1.54, 1.807) is 0 Å². The van der Waals surface area contributed by atoms with Crippen LogP contribution in [0.3, 0.4) is 0 Å². The van der Waals surface area contributed by atoms with E-state index in [1.807, 2.05) is 0 Å². The van der Waals surface area contributed by atoms with Gasteiger partial charge in [0, 0.05) is 0 Å². The average Bonchev–Trinajstić information content (AvgIpc) is 2.41. The van der Waals surface area contributed by atoms with Crippen molar-refractivity contribution in [1.29, 1.82) is 0 Å². The van der Waals surface area contributed by atoms with Gasteiger partial charge in [-0.25, -0.2) is 4.21 Å². The highest BCUT2D eigenvalue weighted by Crippen LogP contribution is 2.16. The smallest absolute Gasteiger partial charge is 0.209 e. The molecule has 2 rings (SSSR count). The third kappa shape index (κ3) is 3.95. The van der Waals surface area contributed by atoms with Crippen LogP contribution in [0.1, 0.15) is 0 Å². The zero-order valence-corrected chi connectivity index (χ0v) is 10.5. The van der Waals surface area contributed by atoms with Crippen molar-refractivity contribution >= 4 is 11.1 Å². The quantitative estimate of drug-likeness (QED) is 0.722. The molecule has 0 aliphatic carbocycles. The highest BCUT2D eigenvalue weighted by atomic mass is 32.2. The fourth-order valence-electron chi connectivity index (χ4n) is 1.22. The Kier molecular flexibility index (Phi) is 4.35. The Morgan fingerprint density at radius 2 is 1.42 bits per heavy atom. The molecule has 2 aromatic rings. The van der Waals surface area contributed by atoms with E-state index in [1.165, 1.54) is 48.5 Å². The molecule has 0 radical (unpaired) electrons. The second-order valence-electron chi connectivity index (χ2n) is 3.49. The summed E-state index contributed by atoms with van der Waals surface area (Å²) >= 11 is -1.77. The Morgan fingerprint density at radius 1 is 0.895 bits per heavy atom. The number of aromatic hydroxyl groups is 2. The van der Waals surface area contributed by atoms with Crippen molar-refractivity contribution in [3.63, 3.8) is 0 Å². The van der Waals surface area contributed by atoms with Crippen LogP contribution in [0.15, 0.2) is 53.4 Å². The molecule has 0 bridgehead atoms. The first-order chi connectivity index (χ1) is 9.15. The second kappa shape index (κ2) is 6.19. The molecule has 7 heteroatoms. The van der Waals surface area contributed by atoms with Gasteiger partial charge in [0.1, 0.15) is 11.5 Å². The molecule has 0 spiro atoms. The van der Waals surface area contributed by atoms with Gasteiger partial charge >= 0.3 is 0 Å². The standard InChI is InChI=1S/C12H11NO5S/c14-9-1-5-11(6-2-9)17-13-18-19(16)12-7-3-10(15)4-8-12/h1-8,13-15H. The third-order valence-corrected chi connectivity index (χ3v) is 3.01. The zero-order chi connectivity index (χ0) is 13.7. The van der Waals surface area contributed by atoms with Crippen LogP contribution >= 0.6 is 0 Å². The monoisotopic (exact) mass is 281 g/mol. The summed E-state index contributed by atoms with van der Waals surface area (Å²) in [5.41, 5.74) is 2.09. The largest absolute Gasteiger partial charge is 0.508 e. The summed E-state index contributed by atoms with van der Waals surface area (Å²) in [6.45, 7) is 0. The number of benzene rings is 2. The molecule has 0 saturated carbocycles. The molecule has 0 aliphatic rings. The van der Waals surface area contributed by atoms with E-state index in [-0.39, 0.29) is 11.5 Å². The van der Waals surface area contributed by atoms with Gasteiger partial charge in [-0.15, -0.1) is 0 Å². The first kappa shape index (κ1) is 13.3. The van der Waals surface area contributed by atoms with Gasteiger partial charge in [-0.3, -0.25) is 0 Å². The van der Waals surface area contributed by atoms with Crippen molar-refractivity contribution in [3.8, 4) is 17.2 Å². The molecule has 0 aromatic heterocycles. The lowest BCUT2D eigenvalue weighted by atomic mass is 10.3. The van der Waals surface area contributed by atoms with E-state index in [0.717, 1.165) is 0 Å². The van der Waals surface area contributed by atoms with Crippen molar-refractivity contribution in [2.24, 2.45) is 0 Å². The summed E-state index contributed by atoms with van der Waals surface area (Å²) in [5, 5.41) is 18.2. The third-order valence-electron chi connectivity index (χ3n) is 2.14. The molecule has 0 fully saturated rings. The lowest BCUT2D eigenvalue weighted by Crippen LogP contribution is -2.20. The molecule has 0 aliphatic heterocycles. The molecule has 19 heavy (non-hydrogen) atoms. The molecular formula is C12H11NO5S. The van der Waals surface area contributed by atoms with Crippen molar-refractivity contribution in [2.45, 2.75) is 4.90 Å². The second-order valence-corrected chi connectivity index (χ2v) is 4.60. The van der Waals surface area contributed by atoms with E-state index in [2.05, 4.69) is 5.64 Å². The predicted molar refractivity (Wildman–Crippen MR) is 67.5 cm³/mol. The molecule has 0 amide bonds. The van der Waals surface area contributed by atoms with Crippen LogP contribution in [0.5, 0.6) is 17.2 Å². The van der Waals surface area contributed by atoms with Gasteiger partial charge in [0.05, 0.1) is 4.90 Å². The van der Waals surface area contributed by atoms with Gasteiger partial charge in [-0.2, -0.15) is 4.28 Å². The van der Waals surface area contributed by atoms with E-state index < -0.39 is 11.1 Å². The number of rotatable bonds is 5. The molecule has 0 heterocycles. The van der Waals surface area contributed by atoms with E-state index >= 15 is 0 Å². The topological polar surface area (TPSA) is 88.0 Å². The summed E-state index contributed by atoms with van der Waals surface area (Å²) < 4.78 is 16.4. The molecule has 3 N–H and O–H groups in total.